The van der Waals surface area contributed by atoms with Crippen molar-refractivity contribution in [3.05, 3.63) is 151 Å². The SMILES string of the molecule is CC1(C)c2ccccc2-c2c(N(c3ccc(-c4ccccc4)cc3)c3ccc4sc5ccccc5c4c3)cccc21. The molecule has 0 saturated heterocycles. The van der Waals surface area contributed by atoms with Gasteiger partial charge in [-0.05, 0) is 70.3 Å². The number of hydrogen-bond donors (Lipinski definition) is 0. The first-order chi connectivity index (χ1) is 20.1. The van der Waals surface area contributed by atoms with Gasteiger partial charge in [-0.25, -0.2) is 0 Å². The van der Waals surface area contributed by atoms with Gasteiger partial charge in [-0.2, -0.15) is 0 Å². The standard InChI is InChI=1S/C39H29NS/c1-39(2)33-15-8-6-14-31(33)38-34(39)16-10-17-35(38)40(28-21-19-27(20-22-28)26-11-4-3-5-12-26)29-23-24-37-32(25-29)30-13-7-9-18-36(30)41-37/h3-25H,1-2H3. The summed E-state index contributed by atoms with van der Waals surface area (Å²) in [5.74, 6) is 0. The molecular weight excluding hydrogens is 515 g/mol. The predicted octanol–water partition coefficient (Wildman–Crippen LogP) is 11.5. The fourth-order valence-corrected chi connectivity index (χ4v) is 7.72. The average Bonchev–Trinajstić information content (AvgIpc) is 3.51. The minimum absolute atomic E-state index is 0.0573. The third-order valence-corrected chi connectivity index (χ3v) is 9.83. The summed E-state index contributed by atoms with van der Waals surface area (Å²) in [6.07, 6.45) is 0. The van der Waals surface area contributed by atoms with Crippen molar-refractivity contribution < 1.29 is 0 Å². The van der Waals surface area contributed by atoms with Crippen LogP contribution in [0.2, 0.25) is 0 Å². The maximum Gasteiger partial charge on any atom is 0.0543 e. The van der Waals surface area contributed by atoms with E-state index < -0.39 is 0 Å². The Hall–Kier alpha value is -4.66. The van der Waals surface area contributed by atoms with Crippen molar-refractivity contribution in [2.45, 2.75) is 19.3 Å². The lowest BCUT2D eigenvalue weighted by Crippen LogP contribution is -2.16. The van der Waals surface area contributed by atoms with Gasteiger partial charge in [0.1, 0.15) is 0 Å². The number of hydrogen-bond acceptors (Lipinski definition) is 2. The van der Waals surface area contributed by atoms with E-state index >= 15 is 0 Å². The van der Waals surface area contributed by atoms with Crippen molar-refractivity contribution in [1.82, 2.24) is 0 Å². The minimum atomic E-state index is -0.0573. The van der Waals surface area contributed by atoms with Crippen molar-refractivity contribution in [3.8, 4) is 22.3 Å². The van der Waals surface area contributed by atoms with Gasteiger partial charge in [0, 0.05) is 42.5 Å². The molecule has 2 heteroatoms. The van der Waals surface area contributed by atoms with E-state index in [2.05, 4.69) is 158 Å². The number of rotatable bonds is 4. The lowest BCUT2D eigenvalue weighted by molar-refractivity contribution is 0.660. The number of thiophene rings is 1. The first-order valence-electron chi connectivity index (χ1n) is 14.2. The summed E-state index contributed by atoms with van der Waals surface area (Å²) in [4.78, 5) is 2.46. The molecule has 1 aliphatic rings. The Balaban J connectivity index is 1.37. The molecule has 0 amide bonds. The summed E-state index contributed by atoms with van der Waals surface area (Å²) in [6.45, 7) is 4.70. The summed E-state index contributed by atoms with van der Waals surface area (Å²) in [5.41, 5.74) is 11.4. The largest absolute Gasteiger partial charge is 0.310 e. The molecule has 0 N–H and O–H groups in total. The first-order valence-corrected chi connectivity index (χ1v) is 15.0. The molecular formula is C39H29NS. The molecule has 7 aromatic rings. The summed E-state index contributed by atoms with van der Waals surface area (Å²) in [5, 5.41) is 2.63. The Morgan fingerprint density at radius 1 is 0.512 bits per heavy atom. The highest BCUT2D eigenvalue weighted by atomic mass is 32.1. The number of fused-ring (bicyclic) bond motifs is 6. The second-order valence-electron chi connectivity index (χ2n) is 11.4. The number of nitrogens with zero attached hydrogens (tertiary/aromatic N) is 1. The van der Waals surface area contributed by atoms with E-state index in [1.165, 1.54) is 64.9 Å². The third kappa shape index (κ3) is 3.75. The van der Waals surface area contributed by atoms with Crippen molar-refractivity contribution in [2.24, 2.45) is 0 Å². The Kier molecular flexibility index (Phi) is 5.42. The molecule has 0 saturated carbocycles. The molecule has 1 aromatic heterocycles. The van der Waals surface area contributed by atoms with E-state index in [1.54, 1.807) is 0 Å². The molecule has 0 aliphatic heterocycles. The highest BCUT2D eigenvalue weighted by Gasteiger charge is 2.37. The van der Waals surface area contributed by atoms with Crippen LogP contribution in [0.25, 0.3) is 42.4 Å². The van der Waals surface area contributed by atoms with Gasteiger partial charge < -0.3 is 4.90 Å². The van der Waals surface area contributed by atoms with Gasteiger partial charge in [-0.15, -0.1) is 11.3 Å². The fourth-order valence-electron chi connectivity index (χ4n) is 6.64. The molecule has 0 atom stereocenters. The van der Waals surface area contributed by atoms with Crippen LogP contribution < -0.4 is 4.90 Å². The minimum Gasteiger partial charge on any atom is -0.310 e. The van der Waals surface area contributed by atoms with Crippen molar-refractivity contribution in [2.75, 3.05) is 4.90 Å². The summed E-state index contributed by atoms with van der Waals surface area (Å²) in [6, 6.07) is 51.1. The molecule has 1 aliphatic carbocycles. The maximum absolute atomic E-state index is 2.46. The van der Waals surface area contributed by atoms with E-state index in [-0.39, 0.29) is 5.41 Å². The third-order valence-electron chi connectivity index (χ3n) is 8.68. The zero-order valence-corrected chi connectivity index (χ0v) is 24.0. The molecule has 6 aromatic carbocycles. The normalized spacial score (nSPS) is 13.3. The molecule has 8 rings (SSSR count). The molecule has 1 nitrogen and oxygen atoms in total. The van der Waals surface area contributed by atoms with Gasteiger partial charge in [0.05, 0.1) is 5.69 Å². The highest BCUT2D eigenvalue weighted by Crippen LogP contribution is 2.54. The fraction of sp³-hybridized carbons (Fsp3) is 0.0769. The Morgan fingerprint density at radius 2 is 1.17 bits per heavy atom. The van der Waals surface area contributed by atoms with Gasteiger partial charge in [0.2, 0.25) is 0 Å². The summed E-state index contributed by atoms with van der Waals surface area (Å²) < 4.78 is 2.65. The van der Waals surface area contributed by atoms with Crippen LogP contribution in [-0.2, 0) is 5.41 Å². The average molecular weight is 544 g/mol. The second-order valence-corrected chi connectivity index (χ2v) is 12.5. The van der Waals surface area contributed by atoms with Crippen LogP contribution >= 0.6 is 11.3 Å². The van der Waals surface area contributed by atoms with Crippen LogP contribution in [0.15, 0.2) is 140 Å². The monoisotopic (exact) mass is 543 g/mol. The van der Waals surface area contributed by atoms with E-state index in [1.807, 2.05) is 11.3 Å². The molecule has 0 unspecified atom stereocenters. The van der Waals surface area contributed by atoms with Crippen LogP contribution in [-0.4, -0.2) is 0 Å². The Morgan fingerprint density at radius 3 is 2.02 bits per heavy atom. The Labute approximate surface area is 245 Å². The Bertz CT molecular complexity index is 2070. The van der Waals surface area contributed by atoms with Crippen LogP contribution in [0.3, 0.4) is 0 Å². The van der Waals surface area contributed by atoms with Gasteiger partial charge in [0.25, 0.3) is 0 Å². The van der Waals surface area contributed by atoms with E-state index in [4.69, 9.17) is 0 Å². The smallest absolute Gasteiger partial charge is 0.0543 e. The predicted molar refractivity (Wildman–Crippen MR) is 177 cm³/mol. The van der Waals surface area contributed by atoms with E-state index in [0.29, 0.717) is 0 Å². The van der Waals surface area contributed by atoms with Crippen LogP contribution in [0.5, 0.6) is 0 Å². The zero-order valence-electron chi connectivity index (χ0n) is 23.1. The van der Waals surface area contributed by atoms with Crippen molar-refractivity contribution in [1.29, 1.82) is 0 Å². The molecule has 0 spiro atoms. The molecule has 41 heavy (non-hydrogen) atoms. The lowest BCUT2D eigenvalue weighted by atomic mass is 9.82. The van der Waals surface area contributed by atoms with Gasteiger partial charge in [-0.1, -0.05) is 111 Å². The molecule has 1 heterocycles. The lowest BCUT2D eigenvalue weighted by Gasteiger charge is -2.29. The van der Waals surface area contributed by atoms with Crippen LogP contribution in [0.1, 0.15) is 25.0 Å². The molecule has 0 bridgehead atoms. The summed E-state index contributed by atoms with van der Waals surface area (Å²) in [7, 11) is 0. The van der Waals surface area contributed by atoms with Crippen molar-refractivity contribution in [3.63, 3.8) is 0 Å². The highest BCUT2D eigenvalue weighted by molar-refractivity contribution is 7.25. The molecule has 0 radical (unpaired) electrons. The second kappa shape index (κ2) is 9.19. The molecule has 0 fully saturated rings. The quantitative estimate of drug-likeness (QED) is 0.213. The van der Waals surface area contributed by atoms with Crippen LogP contribution in [0, 0.1) is 0 Å². The van der Waals surface area contributed by atoms with Crippen LogP contribution in [0.4, 0.5) is 17.1 Å². The van der Waals surface area contributed by atoms with E-state index in [0.717, 1.165) is 5.69 Å². The number of benzene rings is 6. The topological polar surface area (TPSA) is 3.24 Å². The summed E-state index contributed by atoms with van der Waals surface area (Å²) >= 11 is 1.87. The molecule has 196 valence electrons. The maximum atomic E-state index is 2.46. The van der Waals surface area contributed by atoms with E-state index in [9.17, 15) is 0 Å². The zero-order chi connectivity index (χ0) is 27.6. The van der Waals surface area contributed by atoms with Gasteiger partial charge in [-0.3, -0.25) is 0 Å². The first kappa shape index (κ1) is 24.2. The van der Waals surface area contributed by atoms with Crippen molar-refractivity contribution >= 4 is 48.6 Å². The van der Waals surface area contributed by atoms with Gasteiger partial charge >= 0.3 is 0 Å². The number of anilines is 3. The van der Waals surface area contributed by atoms with Gasteiger partial charge in [0.15, 0.2) is 0 Å².